The lowest BCUT2D eigenvalue weighted by Crippen LogP contribution is -2.35. The maximum Gasteiger partial charge on any atom is 0.251 e. The van der Waals surface area contributed by atoms with Gasteiger partial charge in [0.25, 0.3) is 5.91 Å². The molecular weight excluding hydrogens is 472 g/mol. The molecule has 3 aromatic carbocycles. The Morgan fingerprint density at radius 1 is 1.14 bits per heavy atom. The van der Waals surface area contributed by atoms with E-state index >= 15 is 0 Å². The number of ether oxygens (including phenoxy) is 1. The van der Waals surface area contributed by atoms with Crippen molar-refractivity contribution in [2.75, 3.05) is 20.1 Å². The summed E-state index contributed by atoms with van der Waals surface area (Å²) in [6.07, 6.45) is 3.09. The molecule has 7 heteroatoms. The Kier molecular flexibility index (Phi) is 7.25. The number of nitrogens with zero attached hydrogens (tertiary/aromatic N) is 2. The molecule has 1 amide bonds. The molecule has 5 rings (SSSR count). The van der Waals surface area contributed by atoms with E-state index in [1.165, 1.54) is 0 Å². The van der Waals surface area contributed by atoms with Gasteiger partial charge in [-0.3, -0.25) is 9.89 Å². The predicted molar refractivity (Wildman–Crippen MR) is 145 cm³/mol. The van der Waals surface area contributed by atoms with Crippen LogP contribution in [0, 0.1) is 0 Å². The average Bonchev–Trinajstić information content (AvgIpc) is 3.33. The molecule has 6 nitrogen and oxygen atoms in total. The summed E-state index contributed by atoms with van der Waals surface area (Å²) in [6.45, 7) is 4.16. The van der Waals surface area contributed by atoms with E-state index in [0.29, 0.717) is 10.6 Å². The van der Waals surface area contributed by atoms with Crippen molar-refractivity contribution in [3.8, 4) is 17.0 Å². The van der Waals surface area contributed by atoms with Crippen molar-refractivity contribution in [1.82, 2.24) is 20.4 Å². The van der Waals surface area contributed by atoms with Crippen molar-refractivity contribution >= 4 is 28.4 Å². The highest BCUT2D eigenvalue weighted by atomic mass is 35.5. The third-order valence-corrected chi connectivity index (χ3v) is 7.26. The molecule has 1 unspecified atom stereocenters. The van der Waals surface area contributed by atoms with Crippen molar-refractivity contribution in [3.63, 3.8) is 0 Å². The lowest BCUT2D eigenvalue weighted by atomic mass is 10.0. The summed E-state index contributed by atoms with van der Waals surface area (Å²) >= 11 is 6.38. The summed E-state index contributed by atoms with van der Waals surface area (Å²) in [6, 6.07) is 21.1. The third kappa shape index (κ3) is 5.25. The van der Waals surface area contributed by atoms with Crippen LogP contribution < -0.4 is 10.1 Å². The second kappa shape index (κ2) is 10.7. The Balaban J connectivity index is 1.34. The van der Waals surface area contributed by atoms with Gasteiger partial charge in [-0.2, -0.15) is 5.10 Å². The number of halogens is 1. The highest BCUT2D eigenvalue weighted by Crippen LogP contribution is 2.30. The van der Waals surface area contributed by atoms with Gasteiger partial charge in [-0.05, 0) is 80.4 Å². The number of aromatic nitrogens is 2. The smallest absolute Gasteiger partial charge is 0.251 e. The van der Waals surface area contributed by atoms with Gasteiger partial charge >= 0.3 is 0 Å². The summed E-state index contributed by atoms with van der Waals surface area (Å²) in [7, 11) is 2.15. The minimum absolute atomic E-state index is 0.141. The molecule has 0 aliphatic carbocycles. The number of piperidine rings is 1. The number of H-pyrrole nitrogens is 1. The average molecular weight is 503 g/mol. The Bertz CT molecular complexity index is 1340. The first-order valence-corrected chi connectivity index (χ1v) is 12.9. The number of fused-ring (bicyclic) bond motifs is 1. The fraction of sp³-hybridized carbons (Fsp3) is 0.310. The minimum atomic E-state index is -0.164. The van der Waals surface area contributed by atoms with Crippen molar-refractivity contribution in [2.24, 2.45) is 0 Å². The number of benzene rings is 3. The van der Waals surface area contributed by atoms with Gasteiger partial charge in [0.1, 0.15) is 11.9 Å². The largest absolute Gasteiger partial charge is 0.490 e. The summed E-state index contributed by atoms with van der Waals surface area (Å²) in [5.41, 5.74) is 4.16. The van der Waals surface area contributed by atoms with Gasteiger partial charge in [-0.25, -0.2) is 0 Å². The molecule has 1 atom stereocenters. The van der Waals surface area contributed by atoms with Crippen molar-refractivity contribution in [2.45, 2.75) is 38.3 Å². The van der Waals surface area contributed by atoms with Crippen LogP contribution in [0.15, 0.2) is 66.7 Å². The van der Waals surface area contributed by atoms with E-state index in [0.717, 1.165) is 65.8 Å². The SMILES string of the molecule is CCC(NC(=O)c1ccc2[nH]nc(-c3ccc(OC4CCN(C)CC4)cc3)c2c1)c1ccccc1Cl. The van der Waals surface area contributed by atoms with E-state index in [9.17, 15) is 4.79 Å². The Labute approximate surface area is 216 Å². The van der Waals surface area contributed by atoms with E-state index < -0.39 is 0 Å². The van der Waals surface area contributed by atoms with E-state index in [4.69, 9.17) is 16.3 Å². The zero-order valence-electron chi connectivity index (χ0n) is 20.6. The molecule has 1 aliphatic rings. The molecule has 2 heterocycles. The molecule has 36 heavy (non-hydrogen) atoms. The van der Waals surface area contributed by atoms with Gasteiger partial charge in [0.05, 0.1) is 17.3 Å². The third-order valence-electron chi connectivity index (χ3n) is 6.92. The second-order valence-electron chi connectivity index (χ2n) is 9.43. The summed E-state index contributed by atoms with van der Waals surface area (Å²) in [5.74, 6) is 0.732. The zero-order valence-corrected chi connectivity index (χ0v) is 21.4. The number of carbonyl (C=O) groups excluding carboxylic acids is 1. The molecule has 186 valence electrons. The van der Waals surface area contributed by atoms with Crippen LogP contribution in [0.1, 0.15) is 48.1 Å². The Morgan fingerprint density at radius 2 is 1.89 bits per heavy atom. The fourth-order valence-electron chi connectivity index (χ4n) is 4.76. The molecule has 1 saturated heterocycles. The first-order chi connectivity index (χ1) is 17.5. The van der Waals surface area contributed by atoms with Crippen LogP contribution in [0.2, 0.25) is 5.02 Å². The Hall–Kier alpha value is -3.35. The monoisotopic (exact) mass is 502 g/mol. The molecule has 0 saturated carbocycles. The van der Waals surface area contributed by atoms with Crippen LogP contribution in [-0.2, 0) is 0 Å². The van der Waals surface area contributed by atoms with Gasteiger partial charge < -0.3 is 15.0 Å². The van der Waals surface area contributed by atoms with Crippen molar-refractivity contribution in [3.05, 3.63) is 82.9 Å². The lowest BCUT2D eigenvalue weighted by Gasteiger charge is -2.29. The van der Waals surface area contributed by atoms with E-state index in [-0.39, 0.29) is 18.1 Å². The fourth-order valence-corrected chi connectivity index (χ4v) is 5.03. The minimum Gasteiger partial charge on any atom is -0.490 e. The summed E-state index contributed by atoms with van der Waals surface area (Å²) in [5, 5.41) is 12.3. The molecule has 4 aromatic rings. The zero-order chi connectivity index (χ0) is 25.1. The first kappa shape index (κ1) is 24.3. The maximum atomic E-state index is 13.2. The van der Waals surface area contributed by atoms with E-state index in [2.05, 4.69) is 27.5 Å². The number of rotatable bonds is 7. The number of amides is 1. The summed E-state index contributed by atoms with van der Waals surface area (Å²) in [4.78, 5) is 15.5. The standard InChI is InChI=1S/C29H31ClN4O2/c1-3-26(23-6-4-5-7-25(23)30)31-29(35)20-10-13-27-24(18-20)28(33-32-27)19-8-11-21(12-9-19)36-22-14-16-34(2)17-15-22/h4-13,18,22,26H,3,14-17H2,1-2H3,(H,31,35)(H,32,33). The number of carbonyl (C=O) groups is 1. The van der Waals surface area contributed by atoms with Gasteiger partial charge in [-0.1, -0.05) is 36.7 Å². The molecule has 1 aromatic heterocycles. The van der Waals surface area contributed by atoms with Crippen molar-refractivity contribution < 1.29 is 9.53 Å². The predicted octanol–water partition coefficient (Wildman–Crippen LogP) is 6.24. The van der Waals surface area contributed by atoms with E-state index in [1.54, 1.807) is 0 Å². The van der Waals surface area contributed by atoms with Crippen LogP contribution >= 0.6 is 11.6 Å². The normalized spacial score (nSPS) is 15.6. The van der Waals surface area contributed by atoms with Crippen LogP contribution in [0.3, 0.4) is 0 Å². The van der Waals surface area contributed by atoms with E-state index in [1.807, 2.05) is 73.7 Å². The number of nitrogens with one attached hydrogen (secondary N) is 2. The molecule has 0 radical (unpaired) electrons. The maximum absolute atomic E-state index is 13.2. The van der Waals surface area contributed by atoms with Crippen molar-refractivity contribution in [1.29, 1.82) is 0 Å². The number of aromatic amines is 1. The van der Waals surface area contributed by atoms with Crippen LogP contribution in [-0.4, -0.2) is 47.2 Å². The Morgan fingerprint density at radius 3 is 2.61 bits per heavy atom. The van der Waals surface area contributed by atoms with Gasteiger partial charge in [0.2, 0.25) is 0 Å². The topological polar surface area (TPSA) is 70.2 Å². The van der Waals surface area contributed by atoms with Crippen LogP contribution in [0.5, 0.6) is 5.75 Å². The molecule has 0 spiro atoms. The van der Waals surface area contributed by atoms with Gasteiger partial charge in [-0.15, -0.1) is 0 Å². The number of hydrogen-bond donors (Lipinski definition) is 2. The molecule has 1 fully saturated rings. The quantitative estimate of drug-likeness (QED) is 0.314. The number of hydrogen-bond acceptors (Lipinski definition) is 4. The molecule has 2 N–H and O–H groups in total. The highest BCUT2D eigenvalue weighted by molar-refractivity contribution is 6.31. The molecular formula is C29H31ClN4O2. The van der Waals surface area contributed by atoms with Crippen LogP contribution in [0.25, 0.3) is 22.2 Å². The highest BCUT2D eigenvalue weighted by Gasteiger charge is 2.19. The van der Waals surface area contributed by atoms with Gasteiger partial charge in [0, 0.05) is 34.6 Å². The second-order valence-corrected chi connectivity index (χ2v) is 9.84. The molecule has 1 aliphatic heterocycles. The van der Waals surface area contributed by atoms with Crippen LogP contribution in [0.4, 0.5) is 0 Å². The molecule has 0 bridgehead atoms. The lowest BCUT2D eigenvalue weighted by molar-refractivity contribution is 0.0935. The number of likely N-dealkylation sites (tertiary alicyclic amines) is 1. The van der Waals surface area contributed by atoms with Gasteiger partial charge in [0.15, 0.2) is 0 Å². The summed E-state index contributed by atoms with van der Waals surface area (Å²) < 4.78 is 6.19. The first-order valence-electron chi connectivity index (χ1n) is 12.5.